The predicted octanol–water partition coefficient (Wildman–Crippen LogP) is 7.33. The van der Waals surface area contributed by atoms with Crippen molar-refractivity contribution < 1.29 is 18.7 Å². The molecule has 0 unspecified atom stereocenters. The van der Waals surface area contributed by atoms with Crippen LogP contribution in [-0.4, -0.2) is 24.0 Å². The molecule has 1 heterocycles. The summed E-state index contributed by atoms with van der Waals surface area (Å²) in [5, 5.41) is 2.99. The van der Waals surface area contributed by atoms with Gasteiger partial charge in [0.15, 0.2) is 0 Å². The Morgan fingerprint density at radius 1 is 0.927 bits per heavy atom. The molecule has 0 saturated heterocycles. The number of esters is 1. The van der Waals surface area contributed by atoms with E-state index < -0.39 is 11.6 Å². The normalized spacial score (nSPS) is 12.9. The Balaban J connectivity index is 1.35. The van der Waals surface area contributed by atoms with Gasteiger partial charge in [0.2, 0.25) is 0 Å². The maximum atomic E-state index is 15.1. The molecule has 41 heavy (non-hydrogen) atoms. The van der Waals surface area contributed by atoms with Gasteiger partial charge in [0.1, 0.15) is 11.4 Å². The highest BCUT2D eigenvalue weighted by atomic mass is 19.1. The minimum Gasteiger partial charge on any atom is -0.456 e. The summed E-state index contributed by atoms with van der Waals surface area (Å²) in [6.45, 7) is 7.13. The van der Waals surface area contributed by atoms with E-state index in [2.05, 4.69) is 10.2 Å². The van der Waals surface area contributed by atoms with Crippen LogP contribution < -0.4 is 10.2 Å². The van der Waals surface area contributed by atoms with Crippen LogP contribution in [0, 0.1) is 5.82 Å². The molecule has 0 radical (unpaired) electrons. The van der Waals surface area contributed by atoms with Crippen molar-refractivity contribution in [2.45, 2.75) is 52.3 Å². The van der Waals surface area contributed by atoms with Crippen molar-refractivity contribution >= 4 is 17.6 Å². The fourth-order valence-electron chi connectivity index (χ4n) is 5.18. The van der Waals surface area contributed by atoms with Gasteiger partial charge in [-0.3, -0.25) is 4.79 Å². The lowest BCUT2D eigenvalue weighted by molar-refractivity contribution is 0.00703. The Hall–Kier alpha value is -4.45. The summed E-state index contributed by atoms with van der Waals surface area (Å²) in [5.41, 5.74) is 5.57. The number of benzene rings is 4. The number of carbonyl (C=O) groups is 2. The third-order valence-corrected chi connectivity index (χ3v) is 7.12. The van der Waals surface area contributed by atoms with E-state index >= 15 is 4.39 Å². The minimum atomic E-state index is -0.623. The number of aryl methyl sites for hydroxylation is 1. The van der Waals surface area contributed by atoms with Crippen LogP contribution in [0.2, 0.25) is 0 Å². The van der Waals surface area contributed by atoms with Crippen LogP contribution in [0.4, 0.5) is 10.1 Å². The largest absolute Gasteiger partial charge is 0.456 e. The molecule has 4 aromatic rings. The summed E-state index contributed by atoms with van der Waals surface area (Å²) in [5.74, 6) is -0.823. The number of rotatable bonds is 7. The molecule has 1 aliphatic heterocycles. The summed E-state index contributed by atoms with van der Waals surface area (Å²) in [4.78, 5) is 27.9. The van der Waals surface area contributed by atoms with Crippen LogP contribution in [0.1, 0.15) is 64.6 Å². The molecule has 0 fully saturated rings. The second-order valence-corrected chi connectivity index (χ2v) is 11.4. The van der Waals surface area contributed by atoms with Gasteiger partial charge >= 0.3 is 5.97 Å². The van der Waals surface area contributed by atoms with Crippen LogP contribution >= 0.6 is 0 Å². The molecule has 5 rings (SSSR count). The number of hydrogen-bond acceptors (Lipinski definition) is 4. The Bertz CT molecular complexity index is 1560. The van der Waals surface area contributed by atoms with E-state index in [9.17, 15) is 9.59 Å². The van der Waals surface area contributed by atoms with Crippen molar-refractivity contribution in [3.05, 3.63) is 125 Å². The third kappa shape index (κ3) is 6.83. The smallest absolute Gasteiger partial charge is 0.339 e. The van der Waals surface area contributed by atoms with E-state index in [1.165, 1.54) is 6.07 Å². The highest BCUT2D eigenvalue weighted by molar-refractivity contribution is 5.97. The molecule has 0 aliphatic carbocycles. The van der Waals surface area contributed by atoms with Gasteiger partial charge in [-0.05, 0) is 92.3 Å². The highest BCUT2D eigenvalue weighted by Crippen LogP contribution is 2.32. The van der Waals surface area contributed by atoms with E-state index in [0.717, 1.165) is 41.8 Å². The topological polar surface area (TPSA) is 58.6 Å². The van der Waals surface area contributed by atoms with Crippen molar-refractivity contribution in [3.8, 4) is 11.1 Å². The van der Waals surface area contributed by atoms with Gasteiger partial charge in [-0.1, -0.05) is 54.6 Å². The summed E-state index contributed by atoms with van der Waals surface area (Å²) < 4.78 is 20.7. The molecule has 1 amide bonds. The highest BCUT2D eigenvalue weighted by Gasteiger charge is 2.23. The van der Waals surface area contributed by atoms with E-state index in [-0.39, 0.29) is 11.7 Å². The average Bonchev–Trinajstić information content (AvgIpc) is 2.96. The maximum absolute atomic E-state index is 15.1. The number of fused-ring (bicyclic) bond motifs is 1. The van der Waals surface area contributed by atoms with Crippen LogP contribution in [0.15, 0.2) is 91.0 Å². The molecule has 1 N–H and O–H groups in total. The standard InChI is InChI=1S/C35H35FN2O3/c1-35(2,3)41-34(40)30-14-8-7-13-29(30)25-15-17-31(36)28(20-25)23-38-19-9-12-26-21-27(16-18-32(26)38)33(39)37-22-24-10-5-4-6-11-24/h4-8,10-11,13-18,20-21H,9,12,19,22-23H2,1-3H3,(H,37,39). The fraction of sp³-hybridized carbons (Fsp3) is 0.257. The lowest BCUT2D eigenvalue weighted by Gasteiger charge is -2.32. The molecule has 0 atom stereocenters. The minimum absolute atomic E-state index is 0.115. The van der Waals surface area contributed by atoms with Crippen molar-refractivity contribution in [1.29, 1.82) is 0 Å². The van der Waals surface area contributed by atoms with E-state index in [1.807, 2.05) is 87.5 Å². The van der Waals surface area contributed by atoms with Gasteiger partial charge in [0.05, 0.1) is 5.56 Å². The number of nitrogens with one attached hydrogen (secondary N) is 1. The Morgan fingerprint density at radius 3 is 2.46 bits per heavy atom. The van der Waals surface area contributed by atoms with Gasteiger partial charge in [-0.25, -0.2) is 9.18 Å². The van der Waals surface area contributed by atoms with Crippen LogP contribution in [0.25, 0.3) is 11.1 Å². The molecule has 0 aromatic heterocycles. The van der Waals surface area contributed by atoms with Gasteiger partial charge in [0, 0.05) is 36.4 Å². The van der Waals surface area contributed by atoms with Crippen molar-refractivity contribution in [1.82, 2.24) is 5.32 Å². The molecule has 0 spiro atoms. The summed E-state index contributed by atoms with van der Waals surface area (Å²) in [6.07, 6.45) is 1.77. The Morgan fingerprint density at radius 2 is 1.68 bits per heavy atom. The molecular weight excluding hydrogens is 515 g/mol. The number of anilines is 1. The van der Waals surface area contributed by atoms with E-state index in [4.69, 9.17) is 4.74 Å². The average molecular weight is 551 g/mol. The molecule has 4 aromatic carbocycles. The maximum Gasteiger partial charge on any atom is 0.339 e. The first-order chi connectivity index (χ1) is 19.7. The zero-order chi connectivity index (χ0) is 29.0. The molecule has 0 bridgehead atoms. The lowest BCUT2D eigenvalue weighted by atomic mass is 9.96. The number of amides is 1. The zero-order valence-electron chi connectivity index (χ0n) is 23.7. The predicted molar refractivity (Wildman–Crippen MR) is 160 cm³/mol. The second kappa shape index (κ2) is 12.0. The SMILES string of the molecule is CC(C)(C)OC(=O)c1ccccc1-c1ccc(F)c(CN2CCCc3cc(C(=O)NCc4ccccc4)ccc32)c1. The Kier molecular flexibility index (Phi) is 8.20. The number of nitrogens with zero attached hydrogens (tertiary/aromatic N) is 1. The third-order valence-electron chi connectivity index (χ3n) is 7.12. The number of halogens is 1. The second-order valence-electron chi connectivity index (χ2n) is 11.4. The Labute approximate surface area is 241 Å². The summed E-state index contributed by atoms with van der Waals surface area (Å²) in [6, 6.07) is 27.8. The van der Waals surface area contributed by atoms with Crippen molar-refractivity contribution in [2.24, 2.45) is 0 Å². The molecular formula is C35H35FN2O3. The monoisotopic (exact) mass is 550 g/mol. The summed E-state index contributed by atoms with van der Waals surface area (Å²) in [7, 11) is 0. The zero-order valence-corrected chi connectivity index (χ0v) is 23.7. The van der Waals surface area contributed by atoms with Gasteiger partial charge in [0.25, 0.3) is 5.91 Å². The van der Waals surface area contributed by atoms with E-state index in [1.54, 1.807) is 18.2 Å². The fourth-order valence-corrected chi connectivity index (χ4v) is 5.18. The van der Waals surface area contributed by atoms with Gasteiger partial charge in [-0.2, -0.15) is 0 Å². The molecule has 1 aliphatic rings. The first kappa shape index (κ1) is 28.1. The van der Waals surface area contributed by atoms with E-state index in [0.29, 0.717) is 35.3 Å². The van der Waals surface area contributed by atoms with Crippen molar-refractivity contribution in [3.63, 3.8) is 0 Å². The quantitative estimate of drug-likeness (QED) is 0.245. The first-order valence-corrected chi connectivity index (χ1v) is 14.0. The first-order valence-electron chi connectivity index (χ1n) is 14.0. The van der Waals surface area contributed by atoms with Crippen molar-refractivity contribution in [2.75, 3.05) is 11.4 Å². The van der Waals surface area contributed by atoms with Crippen LogP contribution in [0.5, 0.6) is 0 Å². The molecule has 5 nitrogen and oxygen atoms in total. The molecule has 210 valence electrons. The molecule has 6 heteroatoms. The molecule has 0 saturated carbocycles. The lowest BCUT2D eigenvalue weighted by Crippen LogP contribution is -2.30. The number of hydrogen-bond donors (Lipinski definition) is 1. The van der Waals surface area contributed by atoms with Gasteiger partial charge < -0.3 is 15.0 Å². The summed E-state index contributed by atoms with van der Waals surface area (Å²) >= 11 is 0. The number of carbonyl (C=O) groups excluding carboxylic acids is 2. The number of ether oxygens (including phenoxy) is 1. The van der Waals surface area contributed by atoms with Crippen LogP contribution in [0.3, 0.4) is 0 Å². The van der Waals surface area contributed by atoms with Crippen LogP contribution in [-0.2, 0) is 24.2 Å². The van der Waals surface area contributed by atoms with Gasteiger partial charge in [-0.15, -0.1) is 0 Å².